The van der Waals surface area contributed by atoms with E-state index in [0.29, 0.717) is 6.54 Å². The first-order chi connectivity index (χ1) is 7.15. The quantitative estimate of drug-likeness (QED) is 0.771. The number of aromatic carboxylic acids is 1. The highest BCUT2D eigenvalue weighted by molar-refractivity contribution is 5.96. The molecule has 0 aliphatic rings. The Morgan fingerprint density at radius 3 is 2.67 bits per heavy atom. The summed E-state index contributed by atoms with van der Waals surface area (Å²) in [5.41, 5.74) is 0.280. The van der Waals surface area contributed by atoms with Crippen molar-refractivity contribution < 1.29 is 14.7 Å². The van der Waals surface area contributed by atoms with Crippen LogP contribution in [0.15, 0.2) is 18.5 Å². The molecule has 0 aliphatic heterocycles. The van der Waals surface area contributed by atoms with Gasteiger partial charge in [0.05, 0.1) is 11.1 Å². The maximum atomic E-state index is 11.4. The van der Waals surface area contributed by atoms with Crippen LogP contribution in [0, 0.1) is 0 Å². The van der Waals surface area contributed by atoms with Crippen LogP contribution in [0.3, 0.4) is 0 Å². The lowest BCUT2D eigenvalue weighted by molar-refractivity contribution is 0.0696. The summed E-state index contributed by atoms with van der Waals surface area (Å²) in [6.45, 7) is 2.50. The van der Waals surface area contributed by atoms with E-state index in [4.69, 9.17) is 5.11 Å². The number of rotatable bonds is 4. The first-order valence-corrected chi connectivity index (χ1v) is 4.61. The lowest BCUT2D eigenvalue weighted by atomic mass is 10.2. The molecule has 1 aromatic rings. The number of nitrogens with one attached hydrogen (secondary N) is 1. The van der Waals surface area contributed by atoms with Gasteiger partial charge in [-0.25, -0.2) is 4.79 Å². The number of carboxylic acids is 1. The van der Waals surface area contributed by atoms with Gasteiger partial charge in [-0.2, -0.15) is 0 Å². The molecule has 0 saturated heterocycles. The summed E-state index contributed by atoms with van der Waals surface area (Å²) in [5.74, 6) is -1.39. The SMILES string of the molecule is CCCNC(=O)c1cncc(C(=O)O)c1. The zero-order valence-corrected chi connectivity index (χ0v) is 8.36. The molecule has 15 heavy (non-hydrogen) atoms. The van der Waals surface area contributed by atoms with Gasteiger partial charge in [0.2, 0.25) is 0 Å². The Bertz CT molecular complexity index is 377. The Morgan fingerprint density at radius 2 is 2.07 bits per heavy atom. The largest absolute Gasteiger partial charge is 0.478 e. The summed E-state index contributed by atoms with van der Waals surface area (Å²) in [4.78, 5) is 25.7. The average Bonchev–Trinajstić information content (AvgIpc) is 2.26. The van der Waals surface area contributed by atoms with Gasteiger partial charge in [-0.1, -0.05) is 6.92 Å². The second-order valence-electron chi connectivity index (χ2n) is 3.02. The molecule has 0 bridgehead atoms. The van der Waals surface area contributed by atoms with Crippen LogP contribution < -0.4 is 5.32 Å². The molecule has 5 heteroatoms. The number of carbonyl (C=O) groups is 2. The molecule has 1 amide bonds. The van der Waals surface area contributed by atoms with E-state index in [0.717, 1.165) is 6.42 Å². The van der Waals surface area contributed by atoms with Crippen molar-refractivity contribution in [2.24, 2.45) is 0 Å². The molecule has 0 aromatic carbocycles. The summed E-state index contributed by atoms with van der Waals surface area (Å²) >= 11 is 0. The third-order valence-corrected chi connectivity index (χ3v) is 1.78. The number of hydrogen-bond donors (Lipinski definition) is 2. The van der Waals surface area contributed by atoms with E-state index in [1.54, 1.807) is 0 Å². The van der Waals surface area contributed by atoms with Crippen LogP contribution in [0.5, 0.6) is 0 Å². The third-order valence-electron chi connectivity index (χ3n) is 1.78. The number of aromatic nitrogens is 1. The van der Waals surface area contributed by atoms with Crippen molar-refractivity contribution >= 4 is 11.9 Å². The number of amides is 1. The maximum Gasteiger partial charge on any atom is 0.337 e. The molecule has 1 heterocycles. The van der Waals surface area contributed by atoms with Crippen molar-refractivity contribution in [2.75, 3.05) is 6.54 Å². The number of pyridine rings is 1. The van der Waals surface area contributed by atoms with Crippen molar-refractivity contribution in [3.05, 3.63) is 29.6 Å². The number of carbonyl (C=O) groups excluding carboxylic acids is 1. The van der Waals surface area contributed by atoms with Crippen LogP contribution in [0.25, 0.3) is 0 Å². The normalized spacial score (nSPS) is 9.67. The summed E-state index contributed by atoms with van der Waals surface area (Å²) in [6.07, 6.45) is 3.38. The van der Waals surface area contributed by atoms with Gasteiger partial charge in [0.15, 0.2) is 0 Å². The van der Waals surface area contributed by atoms with Gasteiger partial charge in [-0.05, 0) is 12.5 Å². The summed E-state index contributed by atoms with van der Waals surface area (Å²) < 4.78 is 0. The van der Waals surface area contributed by atoms with Gasteiger partial charge in [0, 0.05) is 18.9 Å². The number of hydrogen-bond acceptors (Lipinski definition) is 3. The second-order valence-corrected chi connectivity index (χ2v) is 3.02. The van der Waals surface area contributed by atoms with Gasteiger partial charge in [0.1, 0.15) is 0 Å². The van der Waals surface area contributed by atoms with E-state index < -0.39 is 5.97 Å². The fraction of sp³-hybridized carbons (Fsp3) is 0.300. The minimum atomic E-state index is -1.09. The molecular weight excluding hydrogens is 196 g/mol. The standard InChI is InChI=1S/C10H12N2O3/c1-2-3-12-9(13)7-4-8(10(14)15)6-11-5-7/h4-6H,2-3H2,1H3,(H,12,13)(H,14,15). The minimum Gasteiger partial charge on any atom is -0.478 e. The summed E-state index contributed by atoms with van der Waals surface area (Å²) in [6, 6.07) is 1.31. The highest BCUT2D eigenvalue weighted by atomic mass is 16.4. The average molecular weight is 208 g/mol. The smallest absolute Gasteiger partial charge is 0.337 e. The van der Waals surface area contributed by atoms with Gasteiger partial charge >= 0.3 is 5.97 Å². The van der Waals surface area contributed by atoms with E-state index in [-0.39, 0.29) is 17.0 Å². The van der Waals surface area contributed by atoms with Crippen molar-refractivity contribution in [3.63, 3.8) is 0 Å². The van der Waals surface area contributed by atoms with Crippen molar-refractivity contribution in [1.82, 2.24) is 10.3 Å². The van der Waals surface area contributed by atoms with Crippen molar-refractivity contribution in [1.29, 1.82) is 0 Å². The van der Waals surface area contributed by atoms with Gasteiger partial charge < -0.3 is 10.4 Å². The van der Waals surface area contributed by atoms with Crippen LogP contribution in [-0.2, 0) is 0 Å². The molecule has 80 valence electrons. The molecule has 0 aliphatic carbocycles. The lowest BCUT2D eigenvalue weighted by Gasteiger charge is -2.03. The monoisotopic (exact) mass is 208 g/mol. The second kappa shape index (κ2) is 5.09. The number of nitrogens with zero attached hydrogens (tertiary/aromatic N) is 1. The van der Waals surface area contributed by atoms with E-state index in [1.807, 2.05) is 6.92 Å². The topological polar surface area (TPSA) is 79.3 Å². The first kappa shape index (κ1) is 11.2. The lowest BCUT2D eigenvalue weighted by Crippen LogP contribution is -2.24. The van der Waals surface area contributed by atoms with Crippen LogP contribution >= 0.6 is 0 Å². The Hall–Kier alpha value is -1.91. The molecular formula is C10H12N2O3. The van der Waals surface area contributed by atoms with Crippen LogP contribution in [0.2, 0.25) is 0 Å². The van der Waals surface area contributed by atoms with E-state index >= 15 is 0 Å². The van der Waals surface area contributed by atoms with E-state index in [2.05, 4.69) is 10.3 Å². The molecule has 5 nitrogen and oxygen atoms in total. The molecule has 2 N–H and O–H groups in total. The van der Waals surface area contributed by atoms with Crippen molar-refractivity contribution in [2.45, 2.75) is 13.3 Å². The third kappa shape index (κ3) is 3.05. The Labute approximate surface area is 87.1 Å². The van der Waals surface area contributed by atoms with Crippen LogP contribution in [-0.4, -0.2) is 28.5 Å². The molecule has 0 unspecified atom stereocenters. The molecule has 0 saturated carbocycles. The maximum absolute atomic E-state index is 11.4. The fourth-order valence-corrected chi connectivity index (χ4v) is 1.02. The Kier molecular flexibility index (Phi) is 3.79. The minimum absolute atomic E-state index is 0.0131. The van der Waals surface area contributed by atoms with Crippen LogP contribution in [0.4, 0.5) is 0 Å². The highest BCUT2D eigenvalue weighted by Gasteiger charge is 2.09. The van der Waals surface area contributed by atoms with Gasteiger partial charge in [-0.15, -0.1) is 0 Å². The molecule has 0 spiro atoms. The van der Waals surface area contributed by atoms with E-state index in [9.17, 15) is 9.59 Å². The molecule has 1 aromatic heterocycles. The number of carboxylic acid groups (broad SMARTS) is 1. The molecule has 0 fully saturated rings. The summed E-state index contributed by atoms with van der Waals surface area (Å²) in [7, 11) is 0. The zero-order chi connectivity index (χ0) is 11.3. The predicted octanol–water partition coefficient (Wildman–Crippen LogP) is 0.920. The summed E-state index contributed by atoms with van der Waals surface area (Å²) in [5, 5.41) is 11.3. The highest BCUT2D eigenvalue weighted by Crippen LogP contribution is 2.02. The van der Waals surface area contributed by atoms with Crippen LogP contribution in [0.1, 0.15) is 34.1 Å². The predicted molar refractivity (Wildman–Crippen MR) is 53.8 cm³/mol. The fourth-order valence-electron chi connectivity index (χ4n) is 1.02. The molecule has 0 atom stereocenters. The van der Waals surface area contributed by atoms with Crippen molar-refractivity contribution in [3.8, 4) is 0 Å². The Morgan fingerprint density at radius 1 is 1.40 bits per heavy atom. The first-order valence-electron chi connectivity index (χ1n) is 4.61. The molecule has 1 rings (SSSR count). The zero-order valence-electron chi connectivity index (χ0n) is 8.36. The Balaban J connectivity index is 2.81. The van der Waals surface area contributed by atoms with Gasteiger partial charge in [-0.3, -0.25) is 9.78 Å². The van der Waals surface area contributed by atoms with Gasteiger partial charge in [0.25, 0.3) is 5.91 Å². The van der Waals surface area contributed by atoms with E-state index in [1.165, 1.54) is 18.5 Å². The molecule has 0 radical (unpaired) electrons.